The van der Waals surface area contributed by atoms with E-state index in [1.165, 1.54) is 0 Å². The Kier molecular flexibility index (Phi) is 5.90. The fraction of sp³-hybridized carbons (Fsp3) is 0.778. The third-order valence-corrected chi connectivity index (χ3v) is 1.75. The summed E-state index contributed by atoms with van der Waals surface area (Å²) in [5, 5.41) is 0. The molecule has 0 bridgehead atoms. The van der Waals surface area contributed by atoms with Crippen LogP contribution in [0.5, 0.6) is 0 Å². The zero-order valence-corrected chi connectivity index (χ0v) is 7.43. The summed E-state index contributed by atoms with van der Waals surface area (Å²) in [7, 11) is 3.12. The van der Waals surface area contributed by atoms with E-state index in [0.717, 1.165) is 25.7 Å². The molecule has 0 unspecified atom stereocenters. The minimum absolute atomic E-state index is 0.0718. The molecule has 0 atom stereocenters. The van der Waals surface area contributed by atoms with Crippen molar-refractivity contribution in [3.8, 4) is 0 Å². The molecule has 0 saturated carbocycles. The summed E-state index contributed by atoms with van der Waals surface area (Å²) in [6.07, 6.45) is 3.89. The SMILES string of the molecule is [CH2]OC(=O)C(CCC)CCC. The van der Waals surface area contributed by atoms with Crippen molar-refractivity contribution < 1.29 is 9.53 Å². The third-order valence-electron chi connectivity index (χ3n) is 1.75. The van der Waals surface area contributed by atoms with Gasteiger partial charge in [-0.3, -0.25) is 4.79 Å². The Bertz CT molecular complexity index is 104. The molecule has 0 aliphatic heterocycles. The highest BCUT2D eigenvalue weighted by Crippen LogP contribution is 2.14. The highest BCUT2D eigenvalue weighted by Gasteiger charge is 2.16. The fourth-order valence-electron chi connectivity index (χ4n) is 1.19. The number of hydrogen-bond acceptors (Lipinski definition) is 2. The molecule has 11 heavy (non-hydrogen) atoms. The molecule has 0 aliphatic carbocycles. The van der Waals surface area contributed by atoms with Crippen molar-refractivity contribution in [3.63, 3.8) is 0 Å². The number of carbonyl (C=O) groups is 1. The first-order valence-electron chi connectivity index (χ1n) is 4.22. The van der Waals surface area contributed by atoms with Crippen molar-refractivity contribution in [1.29, 1.82) is 0 Å². The van der Waals surface area contributed by atoms with E-state index in [2.05, 4.69) is 25.7 Å². The van der Waals surface area contributed by atoms with E-state index in [9.17, 15) is 4.79 Å². The molecule has 0 aromatic heterocycles. The summed E-state index contributed by atoms with van der Waals surface area (Å²) in [6, 6.07) is 0. The lowest BCUT2D eigenvalue weighted by Crippen LogP contribution is -2.14. The molecule has 0 heterocycles. The zero-order chi connectivity index (χ0) is 8.69. The van der Waals surface area contributed by atoms with Crippen LogP contribution >= 0.6 is 0 Å². The number of rotatable bonds is 5. The number of ether oxygens (including phenoxy) is 1. The van der Waals surface area contributed by atoms with Crippen molar-refractivity contribution in [2.75, 3.05) is 0 Å². The van der Waals surface area contributed by atoms with Crippen LogP contribution in [0.4, 0.5) is 0 Å². The molecule has 2 heteroatoms. The molecule has 0 saturated heterocycles. The lowest BCUT2D eigenvalue weighted by Gasteiger charge is -2.11. The van der Waals surface area contributed by atoms with Crippen LogP contribution in [0, 0.1) is 13.0 Å². The first-order valence-corrected chi connectivity index (χ1v) is 4.22. The molecule has 2 nitrogen and oxygen atoms in total. The van der Waals surface area contributed by atoms with E-state index >= 15 is 0 Å². The summed E-state index contributed by atoms with van der Waals surface area (Å²) in [5.41, 5.74) is 0. The number of carbonyl (C=O) groups excluding carboxylic acids is 1. The molecule has 0 spiro atoms. The van der Waals surface area contributed by atoms with Gasteiger partial charge in [-0.05, 0) is 12.8 Å². The fourth-order valence-corrected chi connectivity index (χ4v) is 1.19. The van der Waals surface area contributed by atoms with Crippen molar-refractivity contribution in [2.24, 2.45) is 5.92 Å². The molecular formula is C9H17O2. The van der Waals surface area contributed by atoms with Crippen LogP contribution < -0.4 is 0 Å². The lowest BCUT2D eigenvalue weighted by molar-refractivity contribution is -0.143. The molecule has 0 N–H and O–H groups in total. The highest BCUT2D eigenvalue weighted by atomic mass is 16.5. The van der Waals surface area contributed by atoms with Gasteiger partial charge in [-0.2, -0.15) is 0 Å². The maximum Gasteiger partial charge on any atom is 0.309 e. The van der Waals surface area contributed by atoms with Crippen molar-refractivity contribution in [1.82, 2.24) is 0 Å². The zero-order valence-electron chi connectivity index (χ0n) is 7.43. The summed E-state index contributed by atoms with van der Waals surface area (Å²) in [5.74, 6) is -0.0869. The summed E-state index contributed by atoms with van der Waals surface area (Å²) >= 11 is 0. The van der Waals surface area contributed by atoms with Crippen LogP contribution in [0.15, 0.2) is 0 Å². The molecule has 0 rings (SSSR count). The van der Waals surface area contributed by atoms with Gasteiger partial charge in [0.1, 0.15) is 7.11 Å². The standard InChI is InChI=1S/C9H17O2/c1-4-6-8(7-5-2)9(10)11-3/h8H,3-7H2,1-2H3. The van der Waals surface area contributed by atoms with Crippen LogP contribution in [0.1, 0.15) is 39.5 Å². The van der Waals surface area contributed by atoms with Gasteiger partial charge < -0.3 is 4.74 Å². The van der Waals surface area contributed by atoms with Crippen LogP contribution in [-0.2, 0) is 9.53 Å². The molecule has 65 valence electrons. The summed E-state index contributed by atoms with van der Waals surface area (Å²) in [4.78, 5) is 11.0. The van der Waals surface area contributed by atoms with Crippen molar-refractivity contribution >= 4 is 5.97 Å². The number of hydrogen-bond donors (Lipinski definition) is 0. The van der Waals surface area contributed by atoms with E-state index in [4.69, 9.17) is 0 Å². The molecule has 1 radical (unpaired) electrons. The molecule has 0 aromatic carbocycles. The first kappa shape index (κ1) is 10.5. The Morgan fingerprint density at radius 2 is 1.82 bits per heavy atom. The lowest BCUT2D eigenvalue weighted by atomic mass is 9.99. The van der Waals surface area contributed by atoms with Crippen LogP contribution in [-0.4, -0.2) is 5.97 Å². The van der Waals surface area contributed by atoms with Gasteiger partial charge in [0.25, 0.3) is 0 Å². The molecule has 0 amide bonds. The van der Waals surface area contributed by atoms with Gasteiger partial charge in [0.15, 0.2) is 0 Å². The van der Waals surface area contributed by atoms with Gasteiger partial charge in [0, 0.05) is 0 Å². The van der Waals surface area contributed by atoms with Gasteiger partial charge >= 0.3 is 5.97 Å². The van der Waals surface area contributed by atoms with Crippen molar-refractivity contribution in [2.45, 2.75) is 39.5 Å². The van der Waals surface area contributed by atoms with Crippen LogP contribution in [0.3, 0.4) is 0 Å². The highest BCUT2D eigenvalue weighted by molar-refractivity contribution is 5.72. The molecule has 0 aromatic rings. The maximum absolute atomic E-state index is 11.0. The van der Waals surface area contributed by atoms with Gasteiger partial charge in [-0.1, -0.05) is 26.7 Å². The second-order valence-corrected chi connectivity index (χ2v) is 2.74. The summed E-state index contributed by atoms with van der Waals surface area (Å²) < 4.78 is 4.43. The Morgan fingerprint density at radius 1 is 1.36 bits per heavy atom. The Hall–Kier alpha value is -0.530. The monoisotopic (exact) mass is 157 g/mol. The quantitative estimate of drug-likeness (QED) is 0.573. The normalized spacial score (nSPS) is 10.2. The number of esters is 1. The van der Waals surface area contributed by atoms with Crippen LogP contribution in [0.2, 0.25) is 0 Å². The Morgan fingerprint density at radius 3 is 2.09 bits per heavy atom. The van der Waals surface area contributed by atoms with E-state index in [-0.39, 0.29) is 11.9 Å². The van der Waals surface area contributed by atoms with E-state index in [0.29, 0.717) is 0 Å². The molecule has 0 aliphatic rings. The predicted molar refractivity (Wildman–Crippen MR) is 44.8 cm³/mol. The first-order chi connectivity index (χ1) is 5.26. The van der Waals surface area contributed by atoms with Gasteiger partial charge in [0.05, 0.1) is 5.92 Å². The molecule has 0 fully saturated rings. The summed E-state index contributed by atoms with van der Waals surface area (Å²) in [6.45, 7) is 4.14. The minimum Gasteiger partial charge on any atom is -0.462 e. The second-order valence-electron chi connectivity index (χ2n) is 2.74. The largest absolute Gasteiger partial charge is 0.462 e. The smallest absolute Gasteiger partial charge is 0.309 e. The Labute approximate surface area is 68.9 Å². The molecular weight excluding hydrogens is 140 g/mol. The topological polar surface area (TPSA) is 26.3 Å². The van der Waals surface area contributed by atoms with Crippen molar-refractivity contribution in [3.05, 3.63) is 7.11 Å². The van der Waals surface area contributed by atoms with E-state index in [1.54, 1.807) is 0 Å². The average Bonchev–Trinajstić information content (AvgIpc) is 2.03. The van der Waals surface area contributed by atoms with E-state index < -0.39 is 0 Å². The minimum atomic E-state index is -0.159. The average molecular weight is 157 g/mol. The van der Waals surface area contributed by atoms with Crippen LogP contribution in [0.25, 0.3) is 0 Å². The van der Waals surface area contributed by atoms with Gasteiger partial charge in [0.2, 0.25) is 0 Å². The predicted octanol–water partition coefficient (Wildman–Crippen LogP) is 2.54. The maximum atomic E-state index is 11.0. The van der Waals surface area contributed by atoms with Gasteiger partial charge in [-0.25, -0.2) is 0 Å². The van der Waals surface area contributed by atoms with E-state index in [1.807, 2.05) is 0 Å². The third kappa shape index (κ3) is 4.02. The van der Waals surface area contributed by atoms with Gasteiger partial charge in [-0.15, -0.1) is 0 Å². The Balaban J connectivity index is 3.76. The second kappa shape index (κ2) is 6.20.